The van der Waals surface area contributed by atoms with Crippen LogP contribution in [-0.4, -0.2) is 17.5 Å². The number of anilines is 2. The number of benzene rings is 10. The number of nitrogen functional groups attached to an aromatic ring is 2. The first-order valence-electron chi connectivity index (χ1n) is 31.9. The molecule has 11 rings (SSSR count). The molecule has 480 valence electrons. The predicted molar refractivity (Wildman–Crippen MR) is 423 cm³/mol. The minimum absolute atomic E-state index is 0.517. The molecule has 0 aliphatic heterocycles. The number of allylic oxidation sites excluding steroid dienone is 8. The van der Waals surface area contributed by atoms with Gasteiger partial charge < -0.3 is 11.5 Å². The molecule has 0 bridgehead atoms. The van der Waals surface area contributed by atoms with Gasteiger partial charge in [-0.05, 0) is 182 Å². The Balaban J connectivity index is 0.000000258. The molecule has 4 heteroatoms. The number of aliphatic imine (C=N–C) groups is 1. The summed E-state index contributed by atoms with van der Waals surface area (Å²) < 4.78 is 2.24. The van der Waals surface area contributed by atoms with Crippen LogP contribution in [0.4, 0.5) is 11.4 Å². The third kappa shape index (κ3) is 22.8. The van der Waals surface area contributed by atoms with Crippen LogP contribution in [0.25, 0.3) is 60.8 Å². The van der Waals surface area contributed by atoms with E-state index in [1.54, 1.807) is 6.08 Å². The highest BCUT2D eigenvalue weighted by atomic mass is 15.1. The fourth-order valence-corrected chi connectivity index (χ4v) is 9.92. The van der Waals surface area contributed by atoms with Gasteiger partial charge in [-0.15, -0.1) is 19.7 Å². The van der Waals surface area contributed by atoms with E-state index in [2.05, 4.69) is 274 Å². The number of nitrogens with zero attached hydrogens (tertiary/aromatic N) is 2. The van der Waals surface area contributed by atoms with Crippen LogP contribution in [0.15, 0.2) is 330 Å². The molecule has 0 unspecified atom stereocenters. The number of hydrogen-bond acceptors (Lipinski definition) is 3. The van der Waals surface area contributed by atoms with Crippen molar-refractivity contribution in [2.24, 2.45) is 4.99 Å². The highest BCUT2D eigenvalue weighted by Crippen LogP contribution is 2.35. The Kier molecular flexibility index (Phi) is 32.3. The van der Waals surface area contributed by atoms with E-state index in [0.717, 1.165) is 83.7 Å². The Bertz CT molecular complexity index is 4100. The molecule has 0 amide bonds. The van der Waals surface area contributed by atoms with Gasteiger partial charge in [-0.3, -0.25) is 9.56 Å². The largest absolute Gasteiger partial charge is 0.398 e. The number of para-hydroxylation sites is 1. The molecule has 0 saturated heterocycles. The summed E-state index contributed by atoms with van der Waals surface area (Å²) in [7, 11) is 1.85. The number of fused-ring (bicyclic) bond motifs is 3. The van der Waals surface area contributed by atoms with Gasteiger partial charge in [0, 0.05) is 29.2 Å². The van der Waals surface area contributed by atoms with Crippen molar-refractivity contribution in [2.45, 2.75) is 82.1 Å². The molecule has 1 aromatic heterocycles. The van der Waals surface area contributed by atoms with Crippen LogP contribution in [-0.2, 0) is 0 Å². The van der Waals surface area contributed by atoms with Crippen molar-refractivity contribution in [1.82, 2.24) is 4.57 Å². The third-order valence-electron chi connectivity index (χ3n) is 15.3. The van der Waals surface area contributed by atoms with Crippen LogP contribution in [0.3, 0.4) is 0 Å². The summed E-state index contributed by atoms with van der Waals surface area (Å²) in [5.74, 6) is 1.39. The molecule has 4 nitrogen and oxygen atoms in total. The average molecular weight is 1240 g/mol. The van der Waals surface area contributed by atoms with Gasteiger partial charge in [0.05, 0.1) is 11.0 Å². The number of nitrogens with two attached hydrogens (primary N) is 2. The quantitative estimate of drug-likeness (QED) is 0.0471. The lowest BCUT2D eigenvalue weighted by atomic mass is 9.89. The van der Waals surface area contributed by atoms with Crippen LogP contribution in [0.2, 0.25) is 0 Å². The maximum absolute atomic E-state index is 6.28. The summed E-state index contributed by atoms with van der Waals surface area (Å²) in [5, 5.41) is 2.31. The second-order valence-electron chi connectivity index (χ2n) is 22.9. The zero-order chi connectivity index (χ0) is 69.1. The van der Waals surface area contributed by atoms with Gasteiger partial charge in [-0.2, -0.15) is 0 Å². The molecule has 1 heterocycles. The lowest BCUT2D eigenvalue weighted by Crippen LogP contribution is -2.10. The van der Waals surface area contributed by atoms with Crippen LogP contribution >= 0.6 is 0 Å². The Labute approximate surface area is 565 Å². The third-order valence-corrected chi connectivity index (χ3v) is 15.3. The van der Waals surface area contributed by atoms with Gasteiger partial charge in [0.2, 0.25) is 0 Å². The summed E-state index contributed by atoms with van der Waals surface area (Å²) >= 11 is 0. The lowest BCUT2D eigenvalue weighted by Gasteiger charge is -2.16. The summed E-state index contributed by atoms with van der Waals surface area (Å²) in [6, 6.07) is 87.2. The van der Waals surface area contributed by atoms with E-state index in [0.29, 0.717) is 5.92 Å². The van der Waals surface area contributed by atoms with E-state index in [-0.39, 0.29) is 0 Å². The lowest BCUT2D eigenvalue weighted by molar-refractivity contribution is 0.869. The average Bonchev–Trinajstić information content (AvgIpc) is 1.58. The zero-order valence-corrected chi connectivity index (χ0v) is 58.1. The standard InChI is InChI=1S/C29H25N3.C17H21N.C12H14.3C9H10.C3H6.C2H4/c1-20-17-28-25(18-26(20)30)23-15-9-10-16-27(23)32(28)29(31-2)19-24(21-11-5-3-6-12-21)22-13-7-4-8-14-22;1-11(2)14-7-5-6-8-15(14)16-10-17(18)13(4)9-12(16)3;1-4-10(2)11(3)12-8-6-5-7-9-12;3*1-8(2)9-6-4-3-5-7-9;1-3-2;1-2/h3-19H,30H2,1-2H3;5-11H,18H2,1-4H3;4-9H,3H2,1-2H3;3*3-7H,1H2,2H3;3H,1H2,2H3;1-2H2/b;;10-4-;;;;;. The Morgan fingerprint density at radius 2 is 0.787 bits per heavy atom. The first-order chi connectivity index (χ1) is 45.3. The van der Waals surface area contributed by atoms with Gasteiger partial charge in [0.25, 0.3) is 0 Å². The smallest absolute Gasteiger partial charge is 0.133 e. The second-order valence-corrected chi connectivity index (χ2v) is 22.9. The predicted octanol–water partition coefficient (Wildman–Crippen LogP) is 25.2. The molecule has 11 aromatic rings. The molecular formula is C90H100N4. The fraction of sp³-hybridized carbons (Fsp3) is 0.144. The van der Waals surface area contributed by atoms with Gasteiger partial charge in [-0.1, -0.05) is 300 Å². The number of rotatable bonds is 10. The Morgan fingerprint density at radius 1 is 0.426 bits per heavy atom. The molecule has 0 aliphatic carbocycles. The molecule has 0 spiro atoms. The molecule has 0 saturated carbocycles. The minimum atomic E-state index is 0.517. The van der Waals surface area contributed by atoms with E-state index in [4.69, 9.17) is 16.5 Å². The molecule has 0 radical (unpaired) electrons. The highest BCUT2D eigenvalue weighted by molar-refractivity contribution is 6.18. The summed E-state index contributed by atoms with van der Waals surface area (Å²) in [6.45, 7) is 47.6. The van der Waals surface area contributed by atoms with Crippen LogP contribution in [0, 0.1) is 20.8 Å². The first-order valence-corrected chi connectivity index (χ1v) is 31.9. The van der Waals surface area contributed by atoms with E-state index >= 15 is 0 Å². The SMILES string of the molecule is C=C.C=C(/C(C)=C\C)c1ccccc1.C=C(C)c1ccccc1.C=C(C)c1ccccc1.C=C(C)c1ccccc1.C=CC.CN=C(C=C(c1ccccc1)c1ccccc1)n1c2ccccc2c2cc(N)c(C)cc21.Cc1cc(C)c(-c2ccccc2C(C)C)cc1N. The van der Waals surface area contributed by atoms with Crippen molar-refractivity contribution < 1.29 is 0 Å². The monoisotopic (exact) mass is 1240 g/mol. The van der Waals surface area contributed by atoms with E-state index in [1.165, 1.54) is 55.5 Å². The van der Waals surface area contributed by atoms with Gasteiger partial charge in [0.1, 0.15) is 5.84 Å². The molecule has 0 aliphatic rings. The normalized spacial score (nSPS) is 10.3. The minimum Gasteiger partial charge on any atom is -0.398 e. The van der Waals surface area contributed by atoms with Crippen molar-refractivity contribution in [3.05, 3.63) is 380 Å². The molecule has 0 atom stereocenters. The summed E-state index contributed by atoms with van der Waals surface area (Å²) in [4.78, 5) is 4.75. The van der Waals surface area contributed by atoms with Gasteiger partial charge >= 0.3 is 0 Å². The fourth-order valence-electron chi connectivity index (χ4n) is 9.92. The van der Waals surface area contributed by atoms with Gasteiger partial charge in [0.15, 0.2) is 0 Å². The van der Waals surface area contributed by atoms with Crippen molar-refractivity contribution in [3.63, 3.8) is 0 Å². The number of aryl methyl sites for hydroxylation is 3. The van der Waals surface area contributed by atoms with E-state index in [1.807, 2.05) is 127 Å². The summed E-state index contributed by atoms with van der Waals surface area (Å²) in [6.07, 6.45) is 6.01. The molecule has 0 fully saturated rings. The van der Waals surface area contributed by atoms with Crippen LogP contribution in [0.5, 0.6) is 0 Å². The summed E-state index contributed by atoms with van der Waals surface area (Å²) in [5.41, 5.74) is 37.7. The maximum Gasteiger partial charge on any atom is 0.133 e. The zero-order valence-electron chi connectivity index (χ0n) is 58.1. The van der Waals surface area contributed by atoms with Crippen molar-refractivity contribution in [1.29, 1.82) is 0 Å². The molecular weight excluding hydrogens is 1140 g/mol. The highest BCUT2D eigenvalue weighted by Gasteiger charge is 2.17. The number of hydrogen-bond donors (Lipinski definition) is 2. The van der Waals surface area contributed by atoms with Crippen molar-refractivity contribution in [3.8, 4) is 11.1 Å². The van der Waals surface area contributed by atoms with Crippen molar-refractivity contribution in [2.75, 3.05) is 18.5 Å². The Hall–Kier alpha value is -10.8. The van der Waals surface area contributed by atoms with Gasteiger partial charge in [-0.25, -0.2) is 0 Å². The molecule has 94 heavy (non-hydrogen) atoms. The second kappa shape index (κ2) is 40.1. The van der Waals surface area contributed by atoms with Crippen molar-refractivity contribution >= 4 is 66.9 Å². The van der Waals surface area contributed by atoms with E-state index < -0.39 is 0 Å². The van der Waals surface area contributed by atoms with Crippen LogP contribution < -0.4 is 11.5 Å². The van der Waals surface area contributed by atoms with E-state index in [9.17, 15) is 0 Å². The maximum atomic E-state index is 6.28. The molecule has 10 aromatic carbocycles. The Morgan fingerprint density at radius 3 is 1.18 bits per heavy atom. The number of aromatic nitrogens is 1. The topological polar surface area (TPSA) is 69.3 Å². The van der Waals surface area contributed by atoms with Crippen LogP contribution in [0.1, 0.15) is 117 Å². The first kappa shape index (κ1) is 75.6. The molecule has 4 N–H and O–H groups in total.